The van der Waals surface area contributed by atoms with Gasteiger partial charge in [0.2, 0.25) is 6.10 Å². The molecule has 2 aromatic rings. The Kier molecular flexibility index (Phi) is 3.69. The van der Waals surface area contributed by atoms with Gasteiger partial charge in [0.1, 0.15) is 11.5 Å². The van der Waals surface area contributed by atoms with Crippen LogP contribution in [0.3, 0.4) is 0 Å². The molecule has 2 atom stereocenters. The molecule has 3 rings (SSSR count). The molecule has 0 radical (unpaired) electrons. The Hall–Kier alpha value is -2.60. The average molecular weight is 334 g/mol. The van der Waals surface area contributed by atoms with Gasteiger partial charge in [0.05, 0.1) is 17.6 Å². The van der Waals surface area contributed by atoms with Gasteiger partial charge in [0.25, 0.3) is 5.78 Å². The van der Waals surface area contributed by atoms with Crippen molar-refractivity contribution in [3.05, 3.63) is 69.8 Å². The van der Waals surface area contributed by atoms with Crippen molar-refractivity contribution in [2.75, 3.05) is 7.11 Å². The number of benzene rings is 2. The van der Waals surface area contributed by atoms with Crippen LogP contribution in [-0.4, -0.2) is 22.8 Å². The molecule has 0 bridgehead atoms. The highest BCUT2D eigenvalue weighted by atomic mass is 35.5. The van der Waals surface area contributed by atoms with Gasteiger partial charge >= 0.3 is 5.00 Å². The fourth-order valence-corrected chi connectivity index (χ4v) is 2.79. The minimum absolute atomic E-state index is 0.101. The van der Waals surface area contributed by atoms with Crippen LogP contribution in [0.1, 0.15) is 22.0 Å². The molecule has 1 heterocycles. The third kappa shape index (κ3) is 2.31. The normalized spacial score (nSPS) is 22.9. The summed E-state index contributed by atoms with van der Waals surface area (Å²) in [6.45, 7) is 0. The van der Waals surface area contributed by atoms with Crippen LogP contribution in [0.4, 0.5) is 0 Å². The summed E-state index contributed by atoms with van der Waals surface area (Å²) in [5.74, 6) is 0.0702. The summed E-state index contributed by atoms with van der Waals surface area (Å²) in [6.07, 6.45) is -1.24. The molecular weight excluding hydrogens is 322 g/mol. The maximum absolute atomic E-state index is 12.6. The summed E-state index contributed by atoms with van der Waals surface area (Å²) in [5, 5.41) is 11.6. The van der Waals surface area contributed by atoms with Crippen molar-refractivity contribution < 1.29 is 19.2 Å². The van der Waals surface area contributed by atoms with Gasteiger partial charge in [-0.1, -0.05) is 24.3 Å². The number of methoxy groups -OCH3 is 1. The second-order valence-corrected chi connectivity index (χ2v) is 5.60. The lowest BCUT2D eigenvalue weighted by Crippen LogP contribution is -2.51. The van der Waals surface area contributed by atoms with Crippen LogP contribution < -0.4 is 9.47 Å². The largest absolute Gasteiger partial charge is 0.497 e. The highest BCUT2D eigenvalue weighted by molar-refractivity contribution is 6.37. The first-order chi connectivity index (χ1) is 11.0. The van der Waals surface area contributed by atoms with E-state index in [2.05, 4.69) is 0 Å². The predicted octanol–water partition coefficient (Wildman–Crippen LogP) is 3.22. The van der Waals surface area contributed by atoms with Crippen LogP contribution in [-0.2, 0) is 0 Å². The van der Waals surface area contributed by atoms with Gasteiger partial charge in [-0.05, 0) is 35.9 Å². The number of ether oxygens (including phenoxy) is 2. The second-order valence-electron chi connectivity index (χ2n) is 5.03. The number of hydrogen-bond donors (Lipinski definition) is 0. The Morgan fingerprint density at radius 2 is 1.87 bits per heavy atom. The van der Waals surface area contributed by atoms with E-state index in [1.807, 2.05) is 0 Å². The number of rotatable bonds is 3. The number of hydrogen-bond acceptors (Lipinski definition) is 5. The number of fused-ring (bicyclic) bond motifs is 1. The Morgan fingerprint density at radius 3 is 2.48 bits per heavy atom. The average Bonchev–Trinajstić information content (AvgIpc) is 2.58. The molecule has 0 saturated carbocycles. The Balaban J connectivity index is 2.13. The monoisotopic (exact) mass is 333 g/mol. The van der Waals surface area contributed by atoms with Crippen LogP contribution in [0.15, 0.2) is 48.5 Å². The molecule has 0 spiro atoms. The van der Waals surface area contributed by atoms with Crippen LogP contribution in [0.25, 0.3) is 0 Å². The lowest BCUT2D eigenvalue weighted by atomic mass is 9.91. The molecule has 6 nitrogen and oxygen atoms in total. The third-order valence-corrected chi connectivity index (χ3v) is 4.23. The van der Waals surface area contributed by atoms with E-state index in [4.69, 9.17) is 21.1 Å². The summed E-state index contributed by atoms with van der Waals surface area (Å²) in [6, 6.07) is 12.8. The number of carbonyl (C=O) groups is 1. The molecule has 23 heavy (non-hydrogen) atoms. The van der Waals surface area contributed by atoms with E-state index < -0.39 is 21.8 Å². The Labute approximate surface area is 136 Å². The van der Waals surface area contributed by atoms with Crippen molar-refractivity contribution in [1.82, 2.24) is 0 Å². The quantitative estimate of drug-likeness (QED) is 0.373. The van der Waals surface area contributed by atoms with Crippen molar-refractivity contribution in [3.8, 4) is 11.5 Å². The highest BCUT2D eigenvalue weighted by Crippen LogP contribution is 2.45. The van der Waals surface area contributed by atoms with E-state index in [9.17, 15) is 14.9 Å². The molecule has 1 aliphatic rings. The van der Waals surface area contributed by atoms with Crippen molar-refractivity contribution in [2.45, 2.75) is 11.1 Å². The Morgan fingerprint density at radius 1 is 1.22 bits per heavy atom. The Bertz CT molecular complexity index is 776. The zero-order valence-corrected chi connectivity index (χ0v) is 12.8. The number of ketones is 1. The first-order valence-corrected chi connectivity index (χ1v) is 7.14. The summed E-state index contributed by atoms with van der Waals surface area (Å²) >= 11 is 6.16. The fourth-order valence-electron chi connectivity index (χ4n) is 2.52. The smallest absolute Gasteiger partial charge is 0.397 e. The first kappa shape index (κ1) is 15.3. The summed E-state index contributed by atoms with van der Waals surface area (Å²) in [7, 11) is 1.51. The van der Waals surface area contributed by atoms with Crippen LogP contribution in [0.2, 0.25) is 0 Å². The molecule has 0 amide bonds. The number of halogens is 1. The van der Waals surface area contributed by atoms with Gasteiger partial charge in [-0.25, -0.2) is 0 Å². The zero-order chi connectivity index (χ0) is 16.6. The number of carbonyl (C=O) groups excluding carboxylic acids is 1. The SMILES string of the molecule is COc1ccc([C@H]2Oc3ccccc3C(=O)[C@]2(Cl)[N+](=O)[O-])cc1. The molecule has 0 fully saturated rings. The molecule has 0 N–H and O–H groups in total. The van der Waals surface area contributed by atoms with Gasteiger partial charge < -0.3 is 9.47 Å². The number of alkyl halides is 1. The van der Waals surface area contributed by atoms with Crippen molar-refractivity contribution >= 4 is 17.4 Å². The van der Waals surface area contributed by atoms with Gasteiger partial charge in [0.15, 0.2) is 0 Å². The molecule has 1 aliphatic heterocycles. The van der Waals surface area contributed by atoms with Crippen molar-refractivity contribution in [3.63, 3.8) is 0 Å². The lowest BCUT2D eigenvalue weighted by Gasteiger charge is -2.32. The van der Waals surface area contributed by atoms with Gasteiger partial charge in [0, 0.05) is 5.56 Å². The highest BCUT2D eigenvalue weighted by Gasteiger charge is 2.62. The minimum atomic E-state index is -2.41. The maximum Gasteiger partial charge on any atom is 0.397 e. The van der Waals surface area contributed by atoms with Gasteiger partial charge in [-0.2, -0.15) is 0 Å². The van der Waals surface area contributed by atoms with E-state index in [0.29, 0.717) is 11.3 Å². The molecule has 7 heteroatoms. The van der Waals surface area contributed by atoms with Gasteiger partial charge in [-0.15, -0.1) is 0 Å². The van der Waals surface area contributed by atoms with Crippen molar-refractivity contribution in [1.29, 1.82) is 0 Å². The molecule has 0 aromatic heterocycles. The van der Waals surface area contributed by atoms with Crippen LogP contribution in [0, 0.1) is 10.1 Å². The van der Waals surface area contributed by atoms with E-state index in [-0.39, 0.29) is 11.3 Å². The molecule has 118 valence electrons. The van der Waals surface area contributed by atoms with E-state index >= 15 is 0 Å². The fraction of sp³-hybridized carbons (Fsp3) is 0.188. The molecular formula is C16H12ClNO5. The number of nitro groups is 1. The zero-order valence-electron chi connectivity index (χ0n) is 12.1. The standard InChI is InChI=1S/C16H12ClNO5/c1-22-11-8-6-10(7-9-11)15-16(17,18(20)21)14(19)12-4-2-3-5-13(12)23-15/h2-9,15H,1H3/t15-,16+/m1/s1. The van der Waals surface area contributed by atoms with Crippen LogP contribution in [0.5, 0.6) is 11.5 Å². The summed E-state index contributed by atoms with van der Waals surface area (Å²) in [4.78, 5) is 20.9. The first-order valence-electron chi connectivity index (χ1n) is 6.76. The molecule has 0 saturated heterocycles. The predicted molar refractivity (Wildman–Crippen MR) is 82.7 cm³/mol. The maximum atomic E-state index is 12.6. The van der Waals surface area contributed by atoms with Crippen LogP contribution >= 0.6 is 11.6 Å². The van der Waals surface area contributed by atoms with E-state index in [1.165, 1.54) is 13.2 Å². The number of para-hydroxylation sites is 1. The second kappa shape index (κ2) is 5.55. The minimum Gasteiger partial charge on any atom is -0.497 e. The summed E-state index contributed by atoms with van der Waals surface area (Å²) < 4.78 is 10.8. The topological polar surface area (TPSA) is 78.7 Å². The van der Waals surface area contributed by atoms with Gasteiger partial charge in [-0.3, -0.25) is 14.9 Å². The van der Waals surface area contributed by atoms with Crippen molar-refractivity contribution in [2.24, 2.45) is 0 Å². The molecule has 2 aromatic carbocycles. The molecule has 0 unspecified atom stereocenters. The number of nitrogens with zero attached hydrogens (tertiary/aromatic N) is 1. The third-order valence-electron chi connectivity index (χ3n) is 3.73. The lowest BCUT2D eigenvalue weighted by molar-refractivity contribution is -0.536. The molecule has 0 aliphatic carbocycles. The number of Topliss-reactive ketones (excluding diaryl/α,β-unsaturated/α-hetero) is 1. The van der Waals surface area contributed by atoms with E-state index in [0.717, 1.165) is 0 Å². The summed E-state index contributed by atoms with van der Waals surface area (Å²) in [5.41, 5.74) is 0.518. The van der Waals surface area contributed by atoms with E-state index in [1.54, 1.807) is 42.5 Å².